The van der Waals surface area contributed by atoms with Crippen LogP contribution in [0.5, 0.6) is 0 Å². The van der Waals surface area contributed by atoms with Crippen molar-refractivity contribution in [3.8, 4) is 0 Å². The minimum Gasteiger partial charge on any atom is -0.465 e. The standard InChI is InChI=1S/C33H57N5O10S/c1-5-46-31(40)25-35-15-13-34(23-30(39)24-38(49(4,43)44)21-22-45-28-29-11-9-8-10-12-29)14-16-36(26-32(41)47-6-2)18-20-37(19-17-35)27-33(42)48-7-3/h8-12,30,39H,5-7,13-28H2,1-4H3. The van der Waals surface area contributed by atoms with Crippen LogP contribution in [0.15, 0.2) is 30.3 Å². The van der Waals surface area contributed by atoms with E-state index < -0.39 is 16.1 Å². The highest BCUT2D eigenvalue weighted by Crippen LogP contribution is 2.07. The van der Waals surface area contributed by atoms with Gasteiger partial charge in [0.25, 0.3) is 0 Å². The topological polar surface area (TPSA) is 159 Å². The number of sulfonamides is 1. The molecule has 1 fully saturated rings. The predicted molar refractivity (Wildman–Crippen MR) is 184 cm³/mol. The molecular formula is C33H57N5O10S. The first-order valence-electron chi connectivity index (χ1n) is 17.0. The van der Waals surface area contributed by atoms with Gasteiger partial charge in [0.05, 0.1) is 65.0 Å². The van der Waals surface area contributed by atoms with Gasteiger partial charge in [-0.25, -0.2) is 8.42 Å². The monoisotopic (exact) mass is 715 g/mol. The van der Waals surface area contributed by atoms with Gasteiger partial charge in [0.15, 0.2) is 0 Å². The van der Waals surface area contributed by atoms with E-state index in [0.717, 1.165) is 11.8 Å². The van der Waals surface area contributed by atoms with Crippen molar-refractivity contribution < 1.29 is 46.9 Å². The number of β-amino-alcohol motifs (C(OH)–C–C–N with tert-alkyl or cyclic N) is 1. The molecule has 280 valence electrons. The Morgan fingerprint density at radius 3 is 1.53 bits per heavy atom. The van der Waals surface area contributed by atoms with Crippen molar-refractivity contribution in [3.63, 3.8) is 0 Å². The van der Waals surface area contributed by atoms with Crippen LogP contribution in [-0.2, 0) is 50.0 Å². The Morgan fingerprint density at radius 2 is 1.14 bits per heavy atom. The van der Waals surface area contributed by atoms with Crippen LogP contribution < -0.4 is 0 Å². The smallest absolute Gasteiger partial charge is 0.320 e. The van der Waals surface area contributed by atoms with Gasteiger partial charge in [-0.05, 0) is 26.3 Å². The molecule has 49 heavy (non-hydrogen) atoms. The highest BCUT2D eigenvalue weighted by atomic mass is 32.2. The lowest BCUT2D eigenvalue weighted by molar-refractivity contribution is -0.146. The average Bonchev–Trinajstić information content (AvgIpc) is 3.04. The molecule has 1 aliphatic rings. The molecule has 1 unspecified atom stereocenters. The summed E-state index contributed by atoms with van der Waals surface area (Å²) in [6.45, 7) is 10.4. The Bertz CT molecular complexity index is 1170. The number of aliphatic hydroxyl groups is 1. The van der Waals surface area contributed by atoms with Crippen LogP contribution in [0, 0.1) is 0 Å². The number of hydrogen-bond donors (Lipinski definition) is 1. The zero-order chi connectivity index (χ0) is 36.1. The Labute approximate surface area is 292 Å². The van der Waals surface area contributed by atoms with Crippen LogP contribution in [0.3, 0.4) is 0 Å². The summed E-state index contributed by atoms with van der Waals surface area (Å²) in [6.07, 6.45) is 0.0904. The SMILES string of the molecule is CCOC(=O)CN1CCN(CC(=O)OCC)CCN(CC(O)CN(CCOCc2ccccc2)S(C)(=O)=O)CCN(CC(=O)OCC)CC1. The summed E-state index contributed by atoms with van der Waals surface area (Å²) in [5.41, 5.74) is 0.976. The summed E-state index contributed by atoms with van der Waals surface area (Å²) in [7, 11) is -3.63. The Hall–Kier alpha value is -2.70. The molecule has 15 nitrogen and oxygen atoms in total. The molecule has 2 rings (SSSR count). The normalized spacial score (nSPS) is 17.2. The van der Waals surface area contributed by atoms with Gasteiger partial charge in [-0.2, -0.15) is 4.31 Å². The van der Waals surface area contributed by atoms with Gasteiger partial charge < -0.3 is 24.1 Å². The fourth-order valence-electron chi connectivity index (χ4n) is 5.32. The summed E-state index contributed by atoms with van der Waals surface area (Å²) in [5, 5.41) is 11.2. The predicted octanol–water partition coefficient (Wildman–Crippen LogP) is -0.263. The maximum Gasteiger partial charge on any atom is 0.320 e. The molecule has 0 amide bonds. The molecule has 1 heterocycles. The highest BCUT2D eigenvalue weighted by molar-refractivity contribution is 7.88. The van der Waals surface area contributed by atoms with Crippen molar-refractivity contribution in [1.29, 1.82) is 0 Å². The molecule has 16 heteroatoms. The largest absolute Gasteiger partial charge is 0.465 e. The number of benzene rings is 1. The molecule has 1 atom stereocenters. The van der Waals surface area contributed by atoms with E-state index >= 15 is 0 Å². The molecule has 0 aromatic heterocycles. The van der Waals surface area contributed by atoms with Crippen molar-refractivity contribution in [2.75, 3.05) is 124 Å². The lowest BCUT2D eigenvalue weighted by Gasteiger charge is -2.34. The Kier molecular flexibility index (Phi) is 20.5. The number of esters is 3. The summed E-state index contributed by atoms with van der Waals surface area (Å²) in [5.74, 6) is -1.08. The highest BCUT2D eigenvalue weighted by Gasteiger charge is 2.25. The molecule has 0 radical (unpaired) electrons. The van der Waals surface area contributed by atoms with E-state index in [4.69, 9.17) is 18.9 Å². The number of aliphatic hydroxyl groups excluding tert-OH is 1. The van der Waals surface area contributed by atoms with Crippen molar-refractivity contribution in [2.45, 2.75) is 33.5 Å². The van der Waals surface area contributed by atoms with E-state index in [1.54, 1.807) is 20.8 Å². The van der Waals surface area contributed by atoms with Crippen molar-refractivity contribution in [2.24, 2.45) is 0 Å². The van der Waals surface area contributed by atoms with Crippen molar-refractivity contribution in [3.05, 3.63) is 35.9 Å². The van der Waals surface area contributed by atoms with Crippen LogP contribution in [0.25, 0.3) is 0 Å². The van der Waals surface area contributed by atoms with E-state index in [9.17, 15) is 27.9 Å². The van der Waals surface area contributed by atoms with Gasteiger partial charge in [0.1, 0.15) is 0 Å². The molecule has 1 saturated heterocycles. The van der Waals surface area contributed by atoms with Crippen molar-refractivity contribution >= 4 is 27.9 Å². The first-order valence-corrected chi connectivity index (χ1v) is 18.9. The molecule has 0 spiro atoms. The summed E-state index contributed by atoms with van der Waals surface area (Å²) in [6, 6.07) is 9.57. The van der Waals surface area contributed by atoms with Crippen molar-refractivity contribution in [1.82, 2.24) is 23.9 Å². The first-order chi connectivity index (χ1) is 23.4. The second-order valence-corrected chi connectivity index (χ2v) is 13.8. The second-order valence-electron chi connectivity index (χ2n) is 11.9. The minimum atomic E-state index is -3.63. The first kappa shape index (κ1) is 42.5. The van der Waals surface area contributed by atoms with E-state index in [2.05, 4.69) is 0 Å². The molecule has 1 N–H and O–H groups in total. The number of ether oxygens (including phenoxy) is 4. The zero-order valence-electron chi connectivity index (χ0n) is 29.7. The van der Waals surface area contributed by atoms with Crippen LogP contribution in [-0.4, -0.2) is 186 Å². The fraction of sp³-hybridized carbons (Fsp3) is 0.727. The van der Waals surface area contributed by atoms with E-state index in [0.29, 0.717) is 59.0 Å². The van der Waals surface area contributed by atoms with Gasteiger partial charge in [-0.15, -0.1) is 0 Å². The molecule has 1 aromatic rings. The molecule has 0 aliphatic carbocycles. The third kappa shape index (κ3) is 18.8. The van der Waals surface area contributed by atoms with Crippen LogP contribution in [0.4, 0.5) is 0 Å². The number of nitrogens with zero attached hydrogens (tertiary/aromatic N) is 5. The Morgan fingerprint density at radius 1 is 0.735 bits per heavy atom. The summed E-state index contributed by atoms with van der Waals surface area (Å²) >= 11 is 0. The fourth-order valence-corrected chi connectivity index (χ4v) is 6.17. The van der Waals surface area contributed by atoms with Gasteiger partial charge in [0.2, 0.25) is 10.0 Å². The van der Waals surface area contributed by atoms with Crippen LogP contribution in [0.2, 0.25) is 0 Å². The lowest BCUT2D eigenvalue weighted by Crippen LogP contribution is -2.50. The van der Waals surface area contributed by atoms with Crippen LogP contribution in [0.1, 0.15) is 26.3 Å². The molecule has 0 saturated carbocycles. The molecule has 1 aliphatic heterocycles. The van der Waals surface area contributed by atoms with Gasteiger partial charge in [0, 0.05) is 72.0 Å². The number of rotatable bonds is 19. The Balaban J connectivity index is 2.16. The second kappa shape index (κ2) is 23.7. The van der Waals surface area contributed by atoms with Gasteiger partial charge in [-0.3, -0.25) is 34.0 Å². The number of carbonyl (C=O) groups excluding carboxylic acids is 3. The molecule has 0 bridgehead atoms. The number of carbonyl (C=O) groups is 3. The van der Waals surface area contributed by atoms with E-state index in [1.165, 1.54) is 4.31 Å². The lowest BCUT2D eigenvalue weighted by atomic mass is 10.2. The zero-order valence-corrected chi connectivity index (χ0v) is 30.5. The maximum absolute atomic E-state index is 12.6. The summed E-state index contributed by atoms with van der Waals surface area (Å²) in [4.78, 5) is 45.1. The third-order valence-corrected chi connectivity index (χ3v) is 9.12. The third-order valence-electron chi connectivity index (χ3n) is 7.85. The quantitative estimate of drug-likeness (QED) is 0.113. The van der Waals surface area contributed by atoms with E-state index in [-0.39, 0.29) is 83.6 Å². The molecule has 1 aromatic carbocycles. The van der Waals surface area contributed by atoms with Gasteiger partial charge >= 0.3 is 17.9 Å². The minimum absolute atomic E-state index is 0.0529. The van der Waals surface area contributed by atoms with Crippen LogP contribution >= 0.6 is 0 Å². The maximum atomic E-state index is 12.6. The molecular weight excluding hydrogens is 658 g/mol. The average molecular weight is 716 g/mol. The summed E-state index contributed by atoms with van der Waals surface area (Å²) < 4.78 is 47.7. The number of hydrogen-bond acceptors (Lipinski definition) is 14. The van der Waals surface area contributed by atoms with E-state index in [1.807, 2.05) is 49.9 Å². The van der Waals surface area contributed by atoms with Gasteiger partial charge in [-0.1, -0.05) is 30.3 Å².